The quantitative estimate of drug-likeness (QED) is 0.690. The first-order valence-corrected chi connectivity index (χ1v) is 5.73. The third kappa shape index (κ3) is 3.67. The van der Waals surface area contributed by atoms with Crippen molar-refractivity contribution in [1.82, 2.24) is 10.6 Å². The van der Waals surface area contributed by atoms with Gasteiger partial charge in [0.1, 0.15) is 0 Å². The van der Waals surface area contributed by atoms with Crippen LogP contribution < -0.4 is 10.6 Å². The van der Waals surface area contributed by atoms with Crippen LogP contribution in [0.4, 0.5) is 0 Å². The molecule has 3 heteroatoms. The van der Waals surface area contributed by atoms with Gasteiger partial charge < -0.3 is 10.6 Å². The average molecular weight is 210 g/mol. The monoisotopic (exact) mass is 210 g/mol. The van der Waals surface area contributed by atoms with Crippen molar-refractivity contribution in [2.24, 2.45) is 5.41 Å². The summed E-state index contributed by atoms with van der Waals surface area (Å²) in [5.41, 5.74) is 1.10. The Bertz CT molecular complexity index is 256. The molecule has 0 aromatic heterocycles. The minimum atomic E-state index is -0.243. The number of carbonyl (C=O) groups is 1. The van der Waals surface area contributed by atoms with Gasteiger partial charge in [-0.25, -0.2) is 0 Å². The normalized spacial score (nSPS) is 17.1. The van der Waals surface area contributed by atoms with Crippen LogP contribution in [0.5, 0.6) is 0 Å². The number of carbonyl (C=O) groups excluding carboxylic acids is 1. The van der Waals surface area contributed by atoms with Crippen molar-refractivity contribution in [1.29, 1.82) is 0 Å². The van der Waals surface area contributed by atoms with Crippen LogP contribution in [-0.4, -0.2) is 25.5 Å². The van der Waals surface area contributed by atoms with Gasteiger partial charge >= 0.3 is 0 Å². The molecule has 0 spiro atoms. The first-order valence-electron chi connectivity index (χ1n) is 5.73. The van der Waals surface area contributed by atoms with E-state index in [-0.39, 0.29) is 11.3 Å². The van der Waals surface area contributed by atoms with Gasteiger partial charge in [-0.05, 0) is 19.4 Å². The van der Waals surface area contributed by atoms with E-state index in [0.717, 1.165) is 25.9 Å². The molecule has 0 atom stereocenters. The number of hydrogen-bond acceptors (Lipinski definition) is 2. The molecular formula is C12H22N2O. The fourth-order valence-electron chi connectivity index (χ4n) is 1.42. The van der Waals surface area contributed by atoms with Crippen LogP contribution in [0.2, 0.25) is 0 Å². The van der Waals surface area contributed by atoms with Gasteiger partial charge in [-0.2, -0.15) is 0 Å². The zero-order valence-corrected chi connectivity index (χ0v) is 10.0. The third-order valence-corrected chi connectivity index (χ3v) is 3.13. The lowest BCUT2D eigenvalue weighted by Gasteiger charge is -2.22. The number of nitrogens with one attached hydrogen (secondary N) is 2. The SMILES string of the molecule is CCC(C)(C)C(=O)NCC1=CCNCC1. The van der Waals surface area contributed by atoms with Crippen molar-refractivity contribution in [2.45, 2.75) is 33.6 Å². The van der Waals surface area contributed by atoms with Crippen molar-refractivity contribution < 1.29 is 4.79 Å². The Labute approximate surface area is 92.3 Å². The molecule has 0 aromatic rings. The largest absolute Gasteiger partial charge is 0.352 e. The molecular weight excluding hydrogens is 188 g/mol. The van der Waals surface area contributed by atoms with Crippen LogP contribution in [0, 0.1) is 5.41 Å². The summed E-state index contributed by atoms with van der Waals surface area (Å²) in [4.78, 5) is 11.8. The molecule has 0 aliphatic carbocycles. The van der Waals surface area contributed by atoms with Crippen LogP contribution in [0.1, 0.15) is 33.6 Å². The molecule has 0 saturated heterocycles. The average Bonchev–Trinajstić information content (AvgIpc) is 2.27. The lowest BCUT2D eigenvalue weighted by molar-refractivity contribution is -0.129. The van der Waals surface area contributed by atoms with E-state index in [2.05, 4.69) is 16.7 Å². The van der Waals surface area contributed by atoms with E-state index in [4.69, 9.17) is 0 Å². The van der Waals surface area contributed by atoms with Crippen molar-refractivity contribution in [3.63, 3.8) is 0 Å². The molecule has 0 fully saturated rings. The topological polar surface area (TPSA) is 41.1 Å². The van der Waals surface area contributed by atoms with Gasteiger partial charge in [-0.1, -0.05) is 32.4 Å². The highest BCUT2D eigenvalue weighted by molar-refractivity contribution is 5.81. The molecule has 3 nitrogen and oxygen atoms in total. The lowest BCUT2D eigenvalue weighted by Crippen LogP contribution is -2.38. The maximum absolute atomic E-state index is 11.8. The highest BCUT2D eigenvalue weighted by Crippen LogP contribution is 2.19. The van der Waals surface area contributed by atoms with Crippen molar-refractivity contribution >= 4 is 5.91 Å². The second kappa shape index (κ2) is 5.31. The Balaban J connectivity index is 2.36. The van der Waals surface area contributed by atoms with Crippen LogP contribution in [-0.2, 0) is 4.79 Å². The Morgan fingerprint density at radius 1 is 1.60 bits per heavy atom. The Kier molecular flexibility index (Phi) is 4.33. The first-order chi connectivity index (χ1) is 7.06. The smallest absolute Gasteiger partial charge is 0.225 e. The van der Waals surface area contributed by atoms with Crippen LogP contribution >= 0.6 is 0 Å². The standard InChI is InChI=1S/C12H22N2O/c1-4-12(2,3)11(15)14-9-10-5-7-13-8-6-10/h5,13H,4,6-9H2,1-3H3,(H,14,15). The molecule has 1 amide bonds. The van der Waals surface area contributed by atoms with E-state index in [1.54, 1.807) is 0 Å². The summed E-state index contributed by atoms with van der Waals surface area (Å²) in [7, 11) is 0. The Hall–Kier alpha value is -0.830. The maximum atomic E-state index is 11.8. The first kappa shape index (κ1) is 12.2. The molecule has 1 rings (SSSR count). The number of amides is 1. The fourth-order valence-corrected chi connectivity index (χ4v) is 1.42. The highest BCUT2D eigenvalue weighted by atomic mass is 16.2. The van der Waals surface area contributed by atoms with Crippen molar-refractivity contribution in [3.05, 3.63) is 11.6 Å². The van der Waals surface area contributed by atoms with Crippen LogP contribution in [0.3, 0.4) is 0 Å². The fraction of sp³-hybridized carbons (Fsp3) is 0.750. The van der Waals surface area contributed by atoms with E-state index >= 15 is 0 Å². The summed E-state index contributed by atoms with van der Waals surface area (Å²) < 4.78 is 0. The van der Waals surface area contributed by atoms with E-state index in [1.807, 2.05) is 20.8 Å². The predicted molar refractivity (Wildman–Crippen MR) is 62.7 cm³/mol. The van der Waals surface area contributed by atoms with Crippen molar-refractivity contribution in [2.75, 3.05) is 19.6 Å². The van der Waals surface area contributed by atoms with Gasteiger partial charge in [0, 0.05) is 18.5 Å². The zero-order valence-electron chi connectivity index (χ0n) is 10.0. The van der Waals surface area contributed by atoms with Gasteiger partial charge in [-0.3, -0.25) is 4.79 Å². The molecule has 0 radical (unpaired) electrons. The van der Waals surface area contributed by atoms with Crippen LogP contribution in [0.25, 0.3) is 0 Å². The van der Waals surface area contributed by atoms with Gasteiger partial charge in [0.25, 0.3) is 0 Å². The van der Waals surface area contributed by atoms with Gasteiger partial charge in [0.05, 0.1) is 0 Å². The summed E-state index contributed by atoms with van der Waals surface area (Å²) >= 11 is 0. The molecule has 1 aliphatic heterocycles. The summed E-state index contributed by atoms with van der Waals surface area (Å²) in [6.07, 6.45) is 4.09. The number of rotatable bonds is 4. The molecule has 86 valence electrons. The third-order valence-electron chi connectivity index (χ3n) is 3.13. The van der Waals surface area contributed by atoms with Crippen LogP contribution in [0.15, 0.2) is 11.6 Å². The predicted octanol–water partition coefficient (Wildman–Crippen LogP) is 1.46. The molecule has 0 aromatic carbocycles. The molecule has 2 N–H and O–H groups in total. The zero-order chi connectivity index (χ0) is 11.3. The molecule has 0 bridgehead atoms. The van der Waals surface area contributed by atoms with E-state index in [9.17, 15) is 4.79 Å². The minimum Gasteiger partial charge on any atom is -0.352 e. The van der Waals surface area contributed by atoms with E-state index in [1.165, 1.54) is 5.57 Å². The van der Waals surface area contributed by atoms with E-state index < -0.39 is 0 Å². The second-order valence-corrected chi connectivity index (χ2v) is 4.74. The Morgan fingerprint density at radius 2 is 2.33 bits per heavy atom. The number of hydrogen-bond donors (Lipinski definition) is 2. The summed E-state index contributed by atoms with van der Waals surface area (Å²) in [5, 5.41) is 6.26. The molecule has 1 heterocycles. The van der Waals surface area contributed by atoms with Gasteiger partial charge in [0.15, 0.2) is 0 Å². The molecule has 15 heavy (non-hydrogen) atoms. The molecule has 0 saturated carbocycles. The highest BCUT2D eigenvalue weighted by Gasteiger charge is 2.24. The molecule has 1 aliphatic rings. The van der Waals surface area contributed by atoms with E-state index in [0.29, 0.717) is 6.54 Å². The second-order valence-electron chi connectivity index (χ2n) is 4.74. The Morgan fingerprint density at radius 3 is 2.87 bits per heavy atom. The summed E-state index contributed by atoms with van der Waals surface area (Å²) in [6.45, 7) is 8.69. The van der Waals surface area contributed by atoms with Crippen molar-refractivity contribution in [3.8, 4) is 0 Å². The van der Waals surface area contributed by atoms with Gasteiger partial charge in [-0.15, -0.1) is 0 Å². The lowest BCUT2D eigenvalue weighted by atomic mass is 9.89. The van der Waals surface area contributed by atoms with Gasteiger partial charge in [0.2, 0.25) is 5.91 Å². The summed E-state index contributed by atoms with van der Waals surface area (Å²) in [6, 6.07) is 0. The minimum absolute atomic E-state index is 0.157. The maximum Gasteiger partial charge on any atom is 0.225 e. The molecule has 0 unspecified atom stereocenters. The summed E-state index contributed by atoms with van der Waals surface area (Å²) in [5.74, 6) is 0.157.